The van der Waals surface area contributed by atoms with Crippen LogP contribution in [0.2, 0.25) is 0 Å². The number of nitrogens with one attached hydrogen (secondary N) is 1. The van der Waals surface area contributed by atoms with E-state index in [-0.39, 0.29) is 24.0 Å². The van der Waals surface area contributed by atoms with E-state index < -0.39 is 12.1 Å². The first-order chi connectivity index (χ1) is 13.0. The monoisotopic (exact) mass is 364 g/mol. The summed E-state index contributed by atoms with van der Waals surface area (Å²) >= 11 is 0. The first-order valence-electron chi connectivity index (χ1n) is 9.32. The summed E-state index contributed by atoms with van der Waals surface area (Å²) in [5, 5.41) is 3.21. The minimum absolute atomic E-state index is 0.0741. The Balaban J connectivity index is 1.62. The molecule has 2 aliphatic rings. The highest BCUT2D eigenvalue weighted by Gasteiger charge is 2.49. The van der Waals surface area contributed by atoms with Crippen molar-refractivity contribution < 1.29 is 14.3 Å². The van der Waals surface area contributed by atoms with Gasteiger partial charge in [-0.2, -0.15) is 0 Å². The predicted molar refractivity (Wildman–Crippen MR) is 102 cm³/mol. The number of nitrogens with zero attached hydrogens (tertiary/aromatic N) is 1. The Bertz CT molecular complexity index is 861. The number of morpholine rings is 1. The van der Waals surface area contributed by atoms with E-state index in [1.54, 1.807) is 11.9 Å². The maximum Gasteiger partial charge on any atom is 0.252 e. The maximum absolute atomic E-state index is 13.2. The molecule has 2 atom stereocenters. The molecule has 2 fully saturated rings. The molecule has 1 aliphatic heterocycles. The van der Waals surface area contributed by atoms with E-state index in [2.05, 4.69) is 5.32 Å². The summed E-state index contributed by atoms with van der Waals surface area (Å²) < 4.78 is 5.75. The lowest BCUT2D eigenvalue weighted by molar-refractivity contribution is -0.162. The number of aryl methyl sites for hydroxylation is 1. The lowest BCUT2D eigenvalue weighted by atomic mass is 9.93. The molecular weight excluding hydrogens is 340 g/mol. The highest BCUT2D eigenvalue weighted by Crippen LogP contribution is 2.46. The number of carbonyl (C=O) groups is 2. The van der Waals surface area contributed by atoms with Crippen molar-refractivity contribution in [3.05, 3.63) is 71.3 Å². The Kier molecular flexibility index (Phi) is 4.48. The van der Waals surface area contributed by atoms with Crippen molar-refractivity contribution in [1.82, 2.24) is 10.2 Å². The summed E-state index contributed by atoms with van der Waals surface area (Å²) in [5.41, 5.74) is 2.79. The molecule has 0 spiro atoms. The zero-order valence-corrected chi connectivity index (χ0v) is 15.6. The van der Waals surface area contributed by atoms with Gasteiger partial charge in [-0.3, -0.25) is 9.59 Å². The van der Waals surface area contributed by atoms with E-state index >= 15 is 0 Å². The van der Waals surface area contributed by atoms with E-state index in [0.717, 1.165) is 29.5 Å². The molecule has 5 heteroatoms. The Morgan fingerprint density at radius 1 is 1.11 bits per heavy atom. The summed E-state index contributed by atoms with van der Waals surface area (Å²) in [6.07, 6.45) is 1.11. The Hall–Kier alpha value is -2.66. The van der Waals surface area contributed by atoms with Gasteiger partial charge in [0.1, 0.15) is 6.61 Å². The van der Waals surface area contributed by atoms with E-state index in [4.69, 9.17) is 4.74 Å². The second kappa shape index (κ2) is 6.82. The summed E-state index contributed by atoms with van der Waals surface area (Å²) in [5.74, 6) is -0.277. The fourth-order valence-corrected chi connectivity index (χ4v) is 3.90. The molecular formula is C22H24N2O3. The fourth-order valence-electron chi connectivity index (χ4n) is 3.90. The topological polar surface area (TPSA) is 58.6 Å². The molecule has 0 bridgehead atoms. The average molecular weight is 364 g/mol. The number of carbonyl (C=O) groups excluding carboxylic acids is 2. The molecule has 2 aromatic carbocycles. The molecule has 0 unspecified atom stereocenters. The van der Waals surface area contributed by atoms with Gasteiger partial charge in [-0.25, -0.2) is 0 Å². The number of hydrogen-bond donors (Lipinski definition) is 1. The van der Waals surface area contributed by atoms with Crippen molar-refractivity contribution in [3.63, 3.8) is 0 Å². The van der Waals surface area contributed by atoms with Gasteiger partial charge in [0, 0.05) is 7.05 Å². The minimum Gasteiger partial charge on any atom is -0.356 e. The van der Waals surface area contributed by atoms with Crippen LogP contribution in [0, 0.1) is 6.92 Å². The van der Waals surface area contributed by atoms with Crippen LogP contribution in [0.5, 0.6) is 0 Å². The van der Waals surface area contributed by atoms with Crippen LogP contribution in [0.1, 0.15) is 35.6 Å². The number of benzene rings is 2. The summed E-state index contributed by atoms with van der Waals surface area (Å²) in [7, 11) is 1.74. The van der Waals surface area contributed by atoms with Crippen molar-refractivity contribution >= 4 is 11.8 Å². The van der Waals surface area contributed by atoms with Crippen molar-refractivity contribution in [2.24, 2.45) is 0 Å². The van der Waals surface area contributed by atoms with Crippen LogP contribution >= 0.6 is 0 Å². The average Bonchev–Trinajstić information content (AvgIpc) is 3.46. The molecule has 1 aliphatic carbocycles. The lowest BCUT2D eigenvalue weighted by Gasteiger charge is -2.39. The smallest absolute Gasteiger partial charge is 0.252 e. The largest absolute Gasteiger partial charge is 0.356 e. The second-order valence-corrected chi connectivity index (χ2v) is 7.48. The van der Waals surface area contributed by atoms with Gasteiger partial charge in [-0.1, -0.05) is 54.6 Å². The van der Waals surface area contributed by atoms with Crippen LogP contribution in [0.3, 0.4) is 0 Å². The molecule has 27 heavy (non-hydrogen) atoms. The molecule has 1 saturated carbocycles. The van der Waals surface area contributed by atoms with Crippen LogP contribution in [-0.4, -0.2) is 36.5 Å². The maximum atomic E-state index is 13.2. The number of rotatable bonds is 4. The van der Waals surface area contributed by atoms with Crippen LogP contribution in [0.4, 0.5) is 0 Å². The first kappa shape index (κ1) is 17.7. The van der Waals surface area contributed by atoms with E-state index in [0.29, 0.717) is 0 Å². The van der Waals surface area contributed by atoms with Crippen molar-refractivity contribution in [1.29, 1.82) is 0 Å². The van der Waals surface area contributed by atoms with Gasteiger partial charge in [-0.15, -0.1) is 0 Å². The minimum atomic E-state index is -0.727. The van der Waals surface area contributed by atoms with Crippen LogP contribution in [0.15, 0.2) is 54.6 Å². The number of hydrogen-bond acceptors (Lipinski definition) is 3. The second-order valence-electron chi connectivity index (χ2n) is 7.48. The molecule has 2 aromatic rings. The molecule has 4 rings (SSSR count). The third kappa shape index (κ3) is 3.23. The predicted octanol–water partition coefficient (Wildman–Crippen LogP) is 2.70. The van der Waals surface area contributed by atoms with Gasteiger partial charge in [-0.05, 0) is 36.5 Å². The molecule has 1 saturated heterocycles. The van der Waals surface area contributed by atoms with E-state index in [9.17, 15) is 9.59 Å². The van der Waals surface area contributed by atoms with E-state index in [1.807, 2.05) is 61.5 Å². The molecule has 0 radical (unpaired) electrons. The van der Waals surface area contributed by atoms with Gasteiger partial charge < -0.3 is 15.0 Å². The highest BCUT2D eigenvalue weighted by molar-refractivity contribution is 5.87. The van der Waals surface area contributed by atoms with Crippen molar-refractivity contribution in [2.45, 2.75) is 37.5 Å². The van der Waals surface area contributed by atoms with Gasteiger partial charge in [0.2, 0.25) is 5.91 Å². The zero-order chi connectivity index (χ0) is 19.0. The summed E-state index contributed by atoms with van der Waals surface area (Å²) in [4.78, 5) is 27.1. The van der Waals surface area contributed by atoms with Crippen LogP contribution in [0.25, 0.3) is 0 Å². The third-order valence-electron chi connectivity index (χ3n) is 5.69. The SMILES string of the molecule is Cc1ccccc1[C@@H]1[C@@H](C(=O)NC2(c3ccccc3)CC2)OCC(=O)N1C. The van der Waals surface area contributed by atoms with Crippen LogP contribution in [-0.2, 0) is 19.9 Å². The van der Waals surface area contributed by atoms with E-state index in [1.165, 1.54) is 0 Å². The molecule has 0 aromatic heterocycles. The van der Waals surface area contributed by atoms with Gasteiger partial charge in [0.15, 0.2) is 6.10 Å². The number of amides is 2. The van der Waals surface area contributed by atoms with Gasteiger partial charge in [0.25, 0.3) is 5.91 Å². The fraction of sp³-hybridized carbons (Fsp3) is 0.364. The first-order valence-corrected chi connectivity index (χ1v) is 9.32. The van der Waals surface area contributed by atoms with Crippen LogP contribution < -0.4 is 5.32 Å². The standard InChI is InChI=1S/C22H24N2O3/c1-15-8-6-7-11-17(15)19-20(27-14-18(25)24(19)2)21(26)23-22(12-13-22)16-9-4-3-5-10-16/h3-11,19-20H,12-14H2,1-2H3,(H,23,26)/t19-,20+/m1/s1. The third-order valence-corrected chi connectivity index (χ3v) is 5.69. The molecule has 5 nitrogen and oxygen atoms in total. The molecule has 1 N–H and O–H groups in total. The van der Waals surface area contributed by atoms with Crippen molar-refractivity contribution in [2.75, 3.05) is 13.7 Å². The number of likely N-dealkylation sites (N-methyl/N-ethyl adjacent to an activating group) is 1. The van der Waals surface area contributed by atoms with Gasteiger partial charge >= 0.3 is 0 Å². The molecule has 1 heterocycles. The zero-order valence-electron chi connectivity index (χ0n) is 15.6. The summed E-state index contributed by atoms with van der Waals surface area (Å²) in [6.45, 7) is 1.92. The normalized spacial score (nSPS) is 23.8. The Morgan fingerprint density at radius 2 is 1.78 bits per heavy atom. The molecule has 2 amide bonds. The van der Waals surface area contributed by atoms with Crippen molar-refractivity contribution in [3.8, 4) is 0 Å². The highest BCUT2D eigenvalue weighted by atomic mass is 16.5. The lowest BCUT2D eigenvalue weighted by Crippen LogP contribution is -2.54. The Morgan fingerprint density at radius 3 is 2.44 bits per heavy atom. The molecule has 140 valence electrons. The quantitative estimate of drug-likeness (QED) is 0.907. The van der Waals surface area contributed by atoms with Gasteiger partial charge in [0.05, 0.1) is 11.6 Å². The number of ether oxygens (including phenoxy) is 1. The summed E-state index contributed by atoms with van der Waals surface area (Å²) in [6, 6.07) is 17.4. The Labute approximate surface area is 159 Å².